The number of rotatable bonds is 6. The molecule has 3 atom stereocenters. The van der Waals surface area contributed by atoms with E-state index in [-0.39, 0.29) is 17.2 Å². The van der Waals surface area contributed by atoms with E-state index >= 15 is 0 Å². The van der Waals surface area contributed by atoms with Crippen LogP contribution in [0.25, 0.3) is 32.9 Å². The van der Waals surface area contributed by atoms with Crippen LogP contribution in [0, 0.1) is 18.2 Å². The van der Waals surface area contributed by atoms with E-state index in [1.54, 1.807) is 24.4 Å². The average Bonchev–Trinajstić information content (AvgIpc) is 3.57. The number of nitrogens with zero attached hydrogens (tertiary/aromatic N) is 5. The minimum atomic E-state index is -0.479. The van der Waals surface area contributed by atoms with Crippen molar-refractivity contribution in [1.29, 1.82) is 0 Å². The van der Waals surface area contributed by atoms with Crippen molar-refractivity contribution in [2.75, 3.05) is 38.2 Å². The maximum Gasteiger partial charge on any atom is 0.319 e. The molecule has 43 heavy (non-hydrogen) atoms. The summed E-state index contributed by atoms with van der Waals surface area (Å²) in [6, 6.07) is 7.72. The van der Waals surface area contributed by atoms with Crippen molar-refractivity contribution in [3.05, 3.63) is 47.4 Å². The monoisotopic (exact) mass is 580 g/mol. The summed E-state index contributed by atoms with van der Waals surface area (Å²) >= 11 is 0. The van der Waals surface area contributed by atoms with E-state index in [0.717, 1.165) is 62.3 Å². The second-order valence-electron chi connectivity index (χ2n) is 12.6. The van der Waals surface area contributed by atoms with Gasteiger partial charge < -0.3 is 25.0 Å². The molecule has 3 aliphatic rings. The van der Waals surface area contributed by atoms with Crippen molar-refractivity contribution in [3.63, 3.8) is 0 Å². The summed E-state index contributed by atoms with van der Waals surface area (Å²) in [5.74, 6) is 2.91. The fraction of sp³-hybridized carbons (Fsp3) is 0.441. The molecule has 5 heterocycles. The first-order valence-electron chi connectivity index (χ1n) is 15.3. The number of nitrogens with one attached hydrogen (secondary N) is 1. The van der Waals surface area contributed by atoms with Crippen molar-refractivity contribution in [3.8, 4) is 35.2 Å². The van der Waals surface area contributed by atoms with Crippen LogP contribution in [0.4, 0.5) is 10.2 Å². The number of aromatic hydroxyl groups is 1. The van der Waals surface area contributed by atoms with Crippen LogP contribution in [0.5, 0.6) is 11.8 Å². The predicted molar refractivity (Wildman–Crippen MR) is 167 cm³/mol. The average molecular weight is 581 g/mol. The minimum Gasteiger partial charge on any atom is -0.508 e. The first kappa shape index (κ1) is 27.8. The molecule has 3 fully saturated rings. The fourth-order valence-corrected chi connectivity index (χ4v) is 7.25. The van der Waals surface area contributed by atoms with Crippen LogP contribution in [-0.4, -0.2) is 76.4 Å². The molecule has 0 aliphatic carbocycles. The number of pyridine rings is 1. The SMILES string of the molecule is C#Cc1c(F)ccc2cc(O)cc(-c3cnc4c(N5CC6CCC(C5)N6)nc(OCC5CCCN5C)nc4c3C(C)C)c12. The van der Waals surface area contributed by atoms with Gasteiger partial charge in [-0.05, 0) is 79.9 Å². The Labute approximate surface area is 251 Å². The smallest absolute Gasteiger partial charge is 0.319 e. The van der Waals surface area contributed by atoms with Gasteiger partial charge >= 0.3 is 6.01 Å². The highest BCUT2D eigenvalue weighted by Crippen LogP contribution is 2.42. The summed E-state index contributed by atoms with van der Waals surface area (Å²) in [7, 11) is 2.13. The van der Waals surface area contributed by atoms with Crippen LogP contribution < -0.4 is 15.0 Å². The third kappa shape index (κ3) is 4.92. The number of likely N-dealkylation sites (tertiary alicyclic amines) is 1. The number of anilines is 1. The van der Waals surface area contributed by atoms with Gasteiger partial charge in [-0.1, -0.05) is 25.8 Å². The molecule has 222 valence electrons. The number of ether oxygens (including phenoxy) is 1. The number of aromatic nitrogens is 3. The largest absolute Gasteiger partial charge is 0.508 e. The van der Waals surface area contributed by atoms with Crippen LogP contribution >= 0.6 is 0 Å². The Morgan fingerprint density at radius 1 is 1.12 bits per heavy atom. The summed E-state index contributed by atoms with van der Waals surface area (Å²) in [5, 5.41) is 15.7. The number of phenols is 1. The molecule has 0 radical (unpaired) electrons. The lowest BCUT2D eigenvalue weighted by molar-refractivity contribution is 0.188. The summed E-state index contributed by atoms with van der Waals surface area (Å²) in [4.78, 5) is 19.6. The van der Waals surface area contributed by atoms with Gasteiger partial charge in [-0.25, -0.2) is 4.39 Å². The van der Waals surface area contributed by atoms with E-state index < -0.39 is 5.82 Å². The molecule has 2 aromatic carbocycles. The highest BCUT2D eigenvalue weighted by Gasteiger charge is 2.35. The second-order valence-corrected chi connectivity index (χ2v) is 12.6. The molecule has 3 saturated heterocycles. The normalized spacial score (nSPS) is 22.1. The summed E-state index contributed by atoms with van der Waals surface area (Å²) < 4.78 is 21.3. The van der Waals surface area contributed by atoms with Crippen LogP contribution in [-0.2, 0) is 0 Å². The number of hydrogen-bond acceptors (Lipinski definition) is 8. The number of benzene rings is 2. The lowest BCUT2D eigenvalue weighted by Crippen LogP contribution is -2.51. The van der Waals surface area contributed by atoms with Crippen molar-refractivity contribution in [2.24, 2.45) is 0 Å². The topological polar surface area (TPSA) is 86.6 Å². The quantitative estimate of drug-likeness (QED) is 0.301. The molecule has 2 bridgehead atoms. The number of likely N-dealkylation sites (N-methyl/N-ethyl adjacent to an activating group) is 1. The molecule has 3 unspecified atom stereocenters. The molecule has 3 aliphatic heterocycles. The zero-order chi connectivity index (χ0) is 29.8. The highest BCUT2D eigenvalue weighted by atomic mass is 19.1. The standard InChI is InChI=1S/C34H37FN6O2/c1-5-25-28(35)11-8-20-13-24(42)14-26(30(20)25)27-15-36-32-31(29(27)19(2)3)38-34(43-18-23-7-6-12-40(23)4)39-33(32)41-16-21-9-10-22(17-41)37-21/h1,8,11,13-15,19,21-23,37,42H,6-7,9-10,12,16-18H2,2-4H3. The van der Waals surface area contributed by atoms with Crippen molar-refractivity contribution >= 4 is 27.6 Å². The Morgan fingerprint density at radius 3 is 2.60 bits per heavy atom. The molecule has 4 aromatic rings. The lowest BCUT2D eigenvalue weighted by atomic mass is 9.88. The third-order valence-corrected chi connectivity index (χ3v) is 9.37. The maximum absolute atomic E-state index is 15.0. The number of hydrogen-bond donors (Lipinski definition) is 2. The van der Waals surface area contributed by atoms with Gasteiger partial charge in [-0.2, -0.15) is 9.97 Å². The van der Waals surface area contributed by atoms with Crippen molar-refractivity contribution < 1.29 is 14.2 Å². The lowest BCUT2D eigenvalue weighted by Gasteiger charge is -2.34. The number of fused-ring (bicyclic) bond motifs is 4. The minimum absolute atomic E-state index is 0.0107. The zero-order valence-electron chi connectivity index (χ0n) is 24.9. The van der Waals surface area contributed by atoms with Gasteiger partial charge in [0, 0.05) is 48.4 Å². The number of piperazine rings is 1. The first-order valence-corrected chi connectivity index (χ1v) is 15.3. The molecule has 7 rings (SSSR count). The predicted octanol–water partition coefficient (Wildman–Crippen LogP) is 5.21. The van der Waals surface area contributed by atoms with Crippen LogP contribution in [0.1, 0.15) is 56.6 Å². The second kappa shape index (κ2) is 10.9. The Morgan fingerprint density at radius 2 is 1.91 bits per heavy atom. The zero-order valence-corrected chi connectivity index (χ0v) is 24.9. The fourth-order valence-electron chi connectivity index (χ4n) is 7.25. The van der Waals surface area contributed by atoms with E-state index in [2.05, 4.69) is 41.9 Å². The van der Waals surface area contributed by atoms with Gasteiger partial charge in [-0.3, -0.25) is 4.98 Å². The van der Waals surface area contributed by atoms with Crippen LogP contribution in [0.15, 0.2) is 30.5 Å². The van der Waals surface area contributed by atoms with Gasteiger partial charge in [0.25, 0.3) is 0 Å². The molecule has 2 N–H and O–H groups in total. The molecule has 0 spiro atoms. The van der Waals surface area contributed by atoms with E-state index in [1.165, 1.54) is 6.07 Å². The van der Waals surface area contributed by atoms with E-state index in [0.29, 0.717) is 58.1 Å². The Kier molecular flexibility index (Phi) is 7.07. The van der Waals surface area contributed by atoms with Gasteiger partial charge in [0.05, 0.1) is 5.56 Å². The molecule has 8 nitrogen and oxygen atoms in total. The maximum atomic E-state index is 15.0. The van der Waals surface area contributed by atoms with E-state index in [1.807, 2.05) is 0 Å². The first-order chi connectivity index (χ1) is 20.8. The van der Waals surface area contributed by atoms with Crippen molar-refractivity contribution in [2.45, 2.75) is 63.6 Å². The molecule has 0 amide bonds. The Hall–Kier alpha value is -4.00. The molecular formula is C34H37FN6O2. The summed E-state index contributed by atoms with van der Waals surface area (Å²) in [6.07, 6.45) is 12.1. The summed E-state index contributed by atoms with van der Waals surface area (Å²) in [5.41, 5.74) is 3.87. The summed E-state index contributed by atoms with van der Waals surface area (Å²) in [6.45, 7) is 7.47. The molecule has 0 saturated carbocycles. The van der Waals surface area contributed by atoms with Gasteiger partial charge in [0.1, 0.15) is 29.2 Å². The van der Waals surface area contributed by atoms with Gasteiger partial charge in [0.2, 0.25) is 0 Å². The highest BCUT2D eigenvalue weighted by molar-refractivity contribution is 6.04. The number of terminal acetylenes is 1. The Bertz CT molecular complexity index is 1760. The van der Waals surface area contributed by atoms with Gasteiger partial charge in [0.15, 0.2) is 5.82 Å². The van der Waals surface area contributed by atoms with Crippen molar-refractivity contribution in [1.82, 2.24) is 25.2 Å². The van der Waals surface area contributed by atoms with Crippen LogP contribution in [0.3, 0.4) is 0 Å². The van der Waals surface area contributed by atoms with Crippen LogP contribution in [0.2, 0.25) is 0 Å². The molecule has 9 heteroatoms. The number of phenolic OH excluding ortho intramolecular Hbond substituents is 1. The molecule has 2 aromatic heterocycles. The number of halogens is 1. The third-order valence-electron chi connectivity index (χ3n) is 9.37. The van der Waals surface area contributed by atoms with E-state index in [4.69, 9.17) is 26.1 Å². The molecular weight excluding hydrogens is 543 g/mol. The van der Waals surface area contributed by atoms with E-state index in [9.17, 15) is 9.50 Å². The Balaban J connectivity index is 1.44. The van der Waals surface area contributed by atoms with Gasteiger partial charge in [-0.15, -0.1) is 6.42 Å².